The molecule has 1 unspecified atom stereocenters. The van der Waals surface area contributed by atoms with Crippen LogP contribution < -0.4 is 11.3 Å². The largest absolute Gasteiger partial charge is 0.417 e. The van der Waals surface area contributed by atoms with E-state index in [-0.39, 0.29) is 0 Å². The molecule has 2 aromatic heterocycles. The van der Waals surface area contributed by atoms with Crippen molar-refractivity contribution in [1.29, 1.82) is 0 Å². The number of aromatic nitrogens is 1. The molecule has 0 amide bonds. The van der Waals surface area contributed by atoms with Crippen molar-refractivity contribution in [2.24, 2.45) is 5.84 Å². The second-order valence-corrected chi connectivity index (χ2v) is 5.34. The maximum Gasteiger partial charge on any atom is 0.417 e. The lowest BCUT2D eigenvalue weighted by Crippen LogP contribution is -2.29. The highest BCUT2D eigenvalue weighted by Crippen LogP contribution is 2.31. The molecule has 7 heteroatoms. The molecule has 0 bridgehead atoms. The number of hydrogen-bond donors (Lipinski definition) is 2. The van der Waals surface area contributed by atoms with Gasteiger partial charge < -0.3 is 0 Å². The fourth-order valence-corrected chi connectivity index (χ4v) is 2.62. The summed E-state index contributed by atoms with van der Waals surface area (Å²) >= 11 is 1.52. The molecular weight excluding hydrogens is 275 g/mol. The number of aryl methyl sites for hydroxylation is 1. The average Bonchev–Trinajstić information content (AvgIpc) is 2.76. The van der Waals surface area contributed by atoms with Crippen molar-refractivity contribution >= 4 is 11.3 Å². The van der Waals surface area contributed by atoms with Crippen molar-refractivity contribution in [2.75, 3.05) is 0 Å². The third-order valence-electron chi connectivity index (χ3n) is 2.62. The lowest BCUT2D eigenvalue weighted by atomic mass is 10.1. The molecular formula is C12H12F3N3S. The SMILES string of the molecule is Cc1ccc(C(NN)c2ccc(C(F)(F)F)cn2)s1. The highest BCUT2D eigenvalue weighted by Gasteiger charge is 2.31. The number of halogens is 3. The standard InChI is InChI=1S/C12H12F3N3S/c1-7-2-5-10(19-7)11(18-16)9-4-3-8(6-17-9)12(13,14)15/h2-6,11,18H,16H2,1H3. The maximum absolute atomic E-state index is 12.5. The molecule has 0 aliphatic rings. The van der Waals surface area contributed by atoms with Crippen LogP contribution in [-0.2, 0) is 6.18 Å². The van der Waals surface area contributed by atoms with Crippen molar-refractivity contribution in [3.05, 3.63) is 51.5 Å². The Hall–Kier alpha value is -1.44. The molecule has 0 aliphatic heterocycles. The lowest BCUT2D eigenvalue weighted by molar-refractivity contribution is -0.137. The zero-order valence-electron chi connectivity index (χ0n) is 10.0. The molecule has 0 saturated heterocycles. The number of alkyl halides is 3. The summed E-state index contributed by atoms with van der Waals surface area (Å²) in [5.74, 6) is 5.46. The quantitative estimate of drug-likeness (QED) is 0.674. The van der Waals surface area contributed by atoms with E-state index in [1.165, 1.54) is 17.4 Å². The van der Waals surface area contributed by atoms with Crippen LogP contribution in [0.2, 0.25) is 0 Å². The minimum absolute atomic E-state index is 0.402. The monoisotopic (exact) mass is 287 g/mol. The number of nitrogens with two attached hydrogens (primary N) is 1. The van der Waals surface area contributed by atoms with E-state index >= 15 is 0 Å². The molecule has 0 aliphatic carbocycles. The van der Waals surface area contributed by atoms with Crippen molar-refractivity contribution < 1.29 is 13.2 Å². The van der Waals surface area contributed by atoms with Gasteiger partial charge in [0, 0.05) is 16.0 Å². The Balaban J connectivity index is 2.30. The zero-order chi connectivity index (χ0) is 14.0. The van der Waals surface area contributed by atoms with E-state index in [9.17, 15) is 13.2 Å². The molecule has 102 valence electrons. The van der Waals surface area contributed by atoms with E-state index in [2.05, 4.69) is 10.4 Å². The summed E-state index contributed by atoms with van der Waals surface area (Å²) in [5, 5.41) is 0. The lowest BCUT2D eigenvalue weighted by Gasteiger charge is -2.14. The molecule has 0 spiro atoms. The van der Waals surface area contributed by atoms with E-state index in [0.29, 0.717) is 5.69 Å². The second kappa shape index (κ2) is 5.28. The van der Waals surface area contributed by atoms with Gasteiger partial charge in [0.2, 0.25) is 0 Å². The van der Waals surface area contributed by atoms with Crippen LogP contribution in [0.4, 0.5) is 13.2 Å². The first-order valence-electron chi connectivity index (χ1n) is 5.47. The van der Waals surface area contributed by atoms with E-state index in [1.807, 2.05) is 19.1 Å². The number of pyridine rings is 1. The van der Waals surface area contributed by atoms with Gasteiger partial charge in [-0.3, -0.25) is 10.8 Å². The van der Waals surface area contributed by atoms with Gasteiger partial charge in [-0.2, -0.15) is 13.2 Å². The van der Waals surface area contributed by atoms with Gasteiger partial charge in [-0.1, -0.05) is 0 Å². The van der Waals surface area contributed by atoms with Gasteiger partial charge >= 0.3 is 6.18 Å². The van der Waals surface area contributed by atoms with Crippen LogP contribution in [0.5, 0.6) is 0 Å². The Labute approximate surface area is 112 Å². The van der Waals surface area contributed by atoms with E-state index in [0.717, 1.165) is 22.0 Å². The number of nitrogens with zero attached hydrogens (tertiary/aromatic N) is 1. The Bertz CT molecular complexity index is 548. The van der Waals surface area contributed by atoms with Gasteiger partial charge in [0.25, 0.3) is 0 Å². The highest BCUT2D eigenvalue weighted by molar-refractivity contribution is 7.12. The van der Waals surface area contributed by atoms with Crippen LogP contribution in [0, 0.1) is 6.92 Å². The Morgan fingerprint density at radius 3 is 2.42 bits per heavy atom. The summed E-state index contributed by atoms with van der Waals surface area (Å²) in [4.78, 5) is 5.85. The number of hydrogen-bond acceptors (Lipinski definition) is 4. The fourth-order valence-electron chi connectivity index (χ4n) is 1.67. The first-order valence-corrected chi connectivity index (χ1v) is 6.29. The Kier molecular flexibility index (Phi) is 3.88. The molecule has 0 saturated carbocycles. The minimum atomic E-state index is -4.38. The van der Waals surface area contributed by atoms with Crippen LogP contribution in [0.1, 0.15) is 27.1 Å². The second-order valence-electron chi connectivity index (χ2n) is 4.02. The zero-order valence-corrected chi connectivity index (χ0v) is 10.8. The third kappa shape index (κ3) is 3.12. The van der Waals surface area contributed by atoms with Crippen molar-refractivity contribution in [3.8, 4) is 0 Å². The third-order valence-corrected chi connectivity index (χ3v) is 3.69. The molecule has 2 aromatic rings. The number of hydrazine groups is 1. The predicted octanol–water partition coefficient (Wildman–Crippen LogP) is 3.02. The van der Waals surface area contributed by atoms with Crippen LogP contribution >= 0.6 is 11.3 Å². The van der Waals surface area contributed by atoms with Gasteiger partial charge in [-0.25, -0.2) is 5.43 Å². The summed E-state index contributed by atoms with van der Waals surface area (Å²) in [6, 6.07) is 5.74. The van der Waals surface area contributed by atoms with Crippen molar-refractivity contribution in [2.45, 2.75) is 19.1 Å². The average molecular weight is 287 g/mol. The molecule has 19 heavy (non-hydrogen) atoms. The molecule has 3 nitrogen and oxygen atoms in total. The van der Waals surface area contributed by atoms with Gasteiger partial charge in [0.15, 0.2) is 0 Å². The molecule has 0 aromatic carbocycles. The molecule has 2 rings (SSSR count). The first kappa shape index (κ1) is 14.0. The Morgan fingerprint density at radius 2 is 2.00 bits per heavy atom. The number of rotatable bonds is 3. The van der Waals surface area contributed by atoms with E-state index in [4.69, 9.17) is 5.84 Å². The van der Waals surface area contributed by atoms with Crippen molar-refractivity contribution in [1.82, 2.24) is 10.4 Å². The van der Waals surface area contributed by atoms with E-state index in [1.54, 1.807) is 0 Å². The Morgan fingerprint density at radius 1 is 1.26 bits per heavy atom. The van der Waals surface area contributed by atoms with Gasteiger partial charge in [0.1, 0.15) is 0 Å². The van der Waals surface area contributed by atoms with Gasteiger partial charge in [-0.15, -0.1) is 11.3 Å². The summed E-state index contributed by atoms with van der Waals surface area (Å²) in [7, 11) is 0. The fraction of sp³-hybridized carbons (Fsp3) is 0.250. The van der Waals surface area contributed by atoms with Gasteiger partial charge in [0.05, 0.1) is 17.3 Å². The molecule has 2 heterocycles. The molecule has 1 atom stereocenters. The first-order chi connectivity index (χ1) is 8.91. The minimum Gasteiger partial charge on any atom is -0.270 e. The molecule has 0 fully saturated rings. The van der Waals surface area contributed by atoms with Crippen LogP contribution in [0.15, 0.2) is 30.5 Å². The highest BCUT2D eigenvalue weighted by atomic mass is 32.1. The molecule has 3 N–H and O–H groups in total. The summed E-state index contributed by atoms with van der Waals surface area (Å²) in [6.07, 6.45) is -3.56. The predicted molar refractivity (Wildman–Crippen MR) is 67.5 cm³/mol. The number of thiophene rings is 1. The van der Waals surface area contributed by atoms with Crippen LogP contribution in [-0.4, -0.2) is 4.98 Å². The topological polar surface area (TPSA) is 50.9 Å². The maximum atomic E-state index is 12.5. The van der Waals surface area contributed by atoms with E-state index < -0.39 is 17.8 Å². The molecule has 0 radical (unpaired) electrons. The summed E-state index contributed by atoms with van der Waals surface area (Å²) in [6.45, 7) is 1.95. The summed E-state index contributed by atoms with van der Waals surface area (Å²) in [5.41, 5.74) is 2.26. The smallest absolute Gasteiger partial charge is 0.270 e. The summed E-state index contributed by atoms with van der Waals surface area (Å²) < 4.78 is 37.4. The normalized spacial score (nSPS) is 13.5. The van der Waals surface area contributed by atoms with Crippen LogP contribution in [0.25, 0.3) is 0 Å². The van der Waals surface area contributed by atoms with Gasteiger partial charge in [-0.05, 0) is 31.2 Å². The van der Waals surface area contributed by atoms with Crippen molar-refractivity contribution in [3.63, 3.8) is 0 Å². The van der Waals surface area contributed by atoms with Crippen LogP contribution in [0.3, 0.4) is 0 Å². The number of nitrogens with one attached hydrogen (secondary N) is 1.